The van der Waals surface area contributed by atoms with Gasteiger partial charge in [0.2, 0.25) is 0 Å². The Morgan fingerprint density at radius 1 is 1.11 bits per heavy atom. The Kier molecular flexibility index (Phi) is 3.79. The summed E-state index contributed by atoms with van der Waals surface area (Å²) in [5.41, 5.74) is 1.50. The molecule has 1 N–H and O–H groups in total. The highest BCUT2D eigenvalue weighted by Crippen LogP contribution is 2.36. The molecule has 2 rings (SSSR count). The maximum absolute atomic E-state index is 9.87. The van der Waals surface area contributed by atoms with Crippen LogP contribution in [0.25, 0.3) is 0 Å². The molecular formula is C16H25NO. The Morgan fingerprint density at radius 3 is 2.11 bits per heavy atom. The van der Waals surface area contributed by atoms with E-state index in [1.165, 1.54) is 5.56 Å². The lowest BCUT2D eigenvalue weighted by atomic mass is 9.73. The van der Waals surface area contributed by atoms with Gasteiger partial charge in [-0.3, -0.25) is 4.90 Å². The first-order valence-electron chi connectivity index (χ1n) is 6.89. The molecule has 0 radical (unpaired) electrons. The van der Waals surface area contributed by atoms with Crippen molar-refractivity contribution in [2.24, 2.45) is 0 Å². The monoisotopic (exact) mass is 247 g/mol. The quantitative estimate of drug-likeness (QED) is 0.868. The number of rotatable bonds is 2. The van der Waals surface area contributed by atoms with Gasteiger partial charge in [-0.05, 0) is 52.3 Å². The van der Waals surface area contributed by atoms with Crippen molar-refractivity contribution in [1.82, 2.24) is 4.90 Å². The van der Waals surface area contributed by atoms with Crippen LogP contribution in [-0.2, 0) is 5.41 Å². The molecule has 0 aliphatic carbocycles. The van der Waals surface area contributed by atoms with Crippen LogP contribution in [-0.4, -0.2) is 35.2 Å². The second-order valence-electron chi connectivity index (χ2n) is 6.46. The summed E-state index contributed by atoms with van der Waals surface area (Å²) >= 11 is 0. The third kappa shape index (κ3) is 2.60. The number of likely N-dealkylation sites (tertiary alicyclic amines) is 1. The number of aliphatic hydroxyl groups is 1. The van der Waals surface area contributed by atoms with Crippen molar-refractivity contribution in [2.45, 2.75) is 44.6 Å². The van der Waals surface area contributed by atoms with Crippen LogP contribution < -0.4 is 0 Å². The molecule has 1 aliphatic rings. The van der Waals surface area contributed by atoms with Crippen molar-refractivity contribution in [3.8, 4) is 0 Å². The van der Waals surface area contributed by atoms with E-state index in [-0.39, 0.29) is 17.6 Å². The Bertz CT molecular complexity index is 372. The van der Waals surface area contributed by atoms with Gasteiger partial charge in [0, 0.05) is 11.0 Å². The maximum atomic E-state index is 9.87. The molecule has 0 amide bonds. The maximum Gasteiger partial charge on any atom is 0.0528 e. The minimum absolute atomic E-state index is 0.0248. The Balaban J connectivity index is 2.14. The van der Waals surface area contributed by atoms with Gasteiger partial charge in [-0.2, -0.15) is 0 Å². The van der Waals surface area contributed by atoms with E-state index in [9.17, 15) is 5.11 Å². The Labute approximate surface area is 111 Å². The first kappa shape index (κ1) is 13.6. The molecule has 0 spiro atoms. The van der Waals surface area contributed by atoms with Gasteiger partial charge in [-0.1, -0.05) is 30.3 Å². The minimum Gasteiger partial charge on any atom is -0.395 e. The topological polar surface area (TPSA) is 23.5 Å². The largest absolute Gasteiger partial charge is 0.395 e. The van der Waals surface area contributed by atoms with E-state index in [4.69, 9.17) is 0 Å². The number of piperidine rings is 1. The van der Waals surface area contributed by atoms with Gasteiger partial charge in [0.25, 0.3) is 0 Å². The molecule has 0 saturated carbocycles. The van der Waals surface area contributed by atoms with Gasteiger partial charge >= 0.3 is 0 Å². The van der Waals surface area contributed by atoms with Crippen molar-refractivity contribution in [2.75, 3.05) is 19.7 Å². The summed E-state index contributed by atoms with van der Waals surface area (Å²) in [6, 6.07) is 10.5. The van der Waals surface area contributed by atoms with Crippen molar-refractivity contribution in [3.05, 3.63) is 35.9 Å². The van der Waals surface area contributed by atoms with E-state index in [0.717, 1.165) is 25.9 Å². The van der Waals surface area contributed by atoms with Gasteiger partial charge in [0.15, 0.2) is 0 Å². The van der Waals surface area contributed by atoms with Crippen LogP contribution in [0.1, 0.15) is 39.2 Å². The van der Waals surface area contributed by atoms with E-state index >= 15 is 0 Å². The third-order valence-corrected chi connectivity index (χ3v) is 4.36. The zero-order chi connectivity index (χ0) is 13.2. The molecule has 0 atom stereocenters. The molecule has 1 aliphatic heterocycles. The fourth-order valence-electron chi connectivity index (χ4n) is 2.94. The molecule has 0 aromatic heterocycles. The lowest BCUT2D eigenvalue weighted by Gasteiger charge is -2.46. The Morgan fingerprint density at radius 2 is 1.67 bits per heavy atom. The molecule has 100 valence electrons. The van der Waals surface area contributed by atoms with Gasteiger partial charge in [0.1, 0.15) is 0 Å². The summed E-state index contributed by atoms with van der Waals surface area (Å²) in [5, 5.41) is 9.87. The summed E-state index contributed by atoms with van der Waals surface area (Å²) in [4.78, 5) is 2.52. The fourth-order valence-corrected chi connectivity index (χ4v) is 2.94. The van der Waals surface area contributed by atoms with Crippen LogP contribution >= 0.6 is 0 Å². The van der Waals surface area contributed by atoms with Crippen LogP contribution in [0.15, 0.2) is 30.3 Å². The van der Waals surface area contributed by atoms with Crippen molar-refractivity contribution in [1.29, 1.82) is 0 Å². The number of benzene rings is 1. The SMILES string of the molecule is CC(C)(C)N1CCC(CO)(c2ccccc2)CC1. The highest BCUT2D eigenvalue weighted by atomic mass is 16.3. The average Bonchev–Trinajstić information content (AvgIpc) is 2.39. The predicted octanol–water partition coefficient (Wildman–Crippen LogP) is 2.81. The number of hydrogen-bond donors (Lipinski definition) is 1. The van der Waals surface area contributed by atoms with Gasteiger partial charge in [-0.15, -0.1) is 0 Å². The standard InChI is InChI=1S/C16H25NO/c1-15(2,3)17-11-9-16(13-18,10-12-17)14-7-5-4-6-8-14/h4-8,18H,9-13H2,1-3H3. The predicted molar refractivity (Wildman–Crippen MR) is 75.8 cm³/mol. The molecule has 1 aromatic carbocycles. The molecule has 18 heavy (non-hydrogen) atoms. The summed E-state index contributed by atoms with van der Waals surface area (Å²) in [6.07, 6.45) is 2.09. The molecular weight excluding hydrogens is 222 g/mol. The summed E-state index contributed by atoms with van der Waals surface area (Å²) in [5.74, 6) is 0. The number of hydrogen-bond acceptors (Lipinski definition) is 2. The van der Waals surface area contributed by atoms with Crippen LogP contribution in [0.5, 0.6) is 0 Å². The minimum atomic E-state index is -0.0248. The zero-order valence-electron chi connectivity index (χ0n) is 11.8. The molecule has 1 fully saturated rings. The molecule has 0 bridgehead atoms. The highest BCUT2D eigenvalue weighted by Gasteiger charge is 2.38. The molecule has 2 heteroatoms. The summed E-state index contributed by atoms with van der Waals surface area (Å²) in [6.45, 7) is 9.19. The average molecular weight is 247 g/mol. The second-order valence-corrected chi connectivity index (χ2v) is 6.46. The molecule has 1 heterocycles. The summed E-state index contributed by atoms with van der Waals surface area (Å²) in [7, 11) is 0. The van der Waals surface area contributed by atoms with Crippen molar-refractivity contribution in [3.63, 3.8) is 0 Å². The molecule has 0 unspecified atom stereocenters. The molecule has 1 aromatic rings. The Hall–Kier alpha value is -0.860. The van der Waals surface area contributed by atoms with Crippen molar-refractivity contribution >= 4 is 0 Å². The smallest absolute Gasteiger partial charge is 0.0528 e. The van der Waals surface area contributed by atoms with Crippen LogP contribution in [0, 0.1) is 0 Å². The normalized spacial score (nSPS) is 20.9. The van der Waals surface area contributed by atoms with E-state index in [2.05, 4.69) is 49.9 Å². The lowest BCUT2D eigenvalue weighted by Crippen LogP contribution is -2.51. The fraction of sp³-hybridized carbons (Fsp3) is 0.625. The summed E-state index contributed by atoms with van der Waals surface area (Å²) < 4.78 is 0. The molecule has 2 nitrogen and oxygen atoms in total. The van der Waals surface area contributed by atoms with E-state index in [0.29, 0.717) is 0 Å². The second kappa shape index (κ2) is 5.02. The van der Waals surface area contributed by atoms with Crippen LogP contribution in [0.4, 0.5) is 0 Å². The molecule has 1 saturated heterocycles. The number of nitrogens with zero attached hydrogens (tertiary/aromatic N) is 1. The van der Waals surface area contributed by atoms with E-state index in [1.807, 2.05) is 6.07 Å². The van der Waals surface area contributed by atoms with Gasteiger partial charge in [0.05, 0.1) is 6.61 Å². The van der Waals surface area contributed by atoms with Crippen LogP contribution in [0.2, 0.25) is 0 Å². The van der Waals surface area contributed by atoms with Crippen molar-refractivity contribution < 1.29 is 5.11 Å². The third-order valence-electron chi connectivity index (χ3n) is 4.36. The van der Waals surface area contributed by atoms with E-state index < -0.39 is 0 Å². The van der Waals surface area contributed by atoms with Gasteiger partial charge in [-0.25, -0.2) is 0 Å². The van der Waals surface area contributed by atoms with Gasteiger partial charge < -0.3 is 5.11 Å². The van der Waals surface area contributed by atoms with E-state index in [1.54, 1.807) is 0 Å². The zero-order valence-corrected chi connectivity index (χ0v) is 11.8. The number of aliphatic hydroxyl groups excluding tert-OH is 1. The highest BCUT2D eigenvalue weighted by molar-refractivity contribution is 5.26. The lowest BCUT2D eigenvalue weighted by molar-refractivity contribution is 0.0492. The van der Waals surface area contributed by atoms with Crippen LogP contribution in [0.3, 0.4) is 0 Å². The first-order chi connectivity index (χ1) is 8.48. The first-order valence-corrected chi connectivity index (χ1v) is 6.89.